The van der Waals surface area contributed by atoms with Crippen LogP contribution in [-0.4, -0.2) is 9.97 Å². The summed E-state index contributed by atoms with van der Waals surface area (Å²) in [6.45, 7) is 0. The Labute approximate surface area is 141 Å². The average Bonchev–Trinajstić information content (AvgIpc) is 2.62. The fourth-order valence-electron chi connectivity index (χ4n) is 2.36. The molecule has 1 aromatic heterocycles. The minimum Gasteiger partial charge on any atom is -0.324 e. The molecule has 0 aliphatic carbocycles. The maximum atomic E-state index is 13.2. The molecular formula is C17H14F3N5. The van der Waals surface area contributed by atoms with Gasteiger partial charge in [0, 0.05) is 17.4 Å². The third-order valence-electron chi connectivity index (χ3n) is 3.48. The zero-order chi connectivity index (χ0) is 17.9. The average molecular weight is 345 g/mol. The van der Waals surface area contributed by atoms with E-state index in [1.165, 1.54) is 24.4 Å². The van der Waals surface area contributed by atoms with Gasteiger partial charge in [0.05, 0.1) is 5.56 Å². The van der Waals surface area contributed by atoms with Gasteiger partial charge in [0.1, 0.15) is 0 Å². The molecule has 0 radical (unpaired) electrons. The minimum atomic E-state index is -4.50. The molecule has 0 fully saturated rings. The van der Waals surface area contributed by atoms with Gasteiger partial charge in [-0.15, -0.1) is 0 Å². The lowest BCUT2D eigenvalue weighted by molar-refractivity contribution is -0.137. The van der Waals surface area contributed by atoms with E-state index in [-0.39, 0.29) is 22.9 Å². The van der Waals surface area contributed by atoms with Crippen molar-refractivity contribution in [3.8, 4) is 11.1 Å². The highest BCUT2D eigenvalue weighted by atomic mass is 19.4. The van der Waals surface area contributed by atoms with Crippen molar-refractivity contribution in [3.63, 3.8) is 0 Å². The molecule has 5 nitrogen and oxygen atoms in total. The number of hydrogen-bond donors (Lipinski definition) is 3. The monoisotopic (exact) mass is 345 g/mol. The molecule has 0 atom stereocenters. The molecule has 1 heterocycles. The predicted molar refractivity (Wildman–Crippen MR) is 90.0 cm³/mol. The van der Waals surface area contributed by atoms with Gasteiger partial charge in [0.2, 0.25) is 5.95 Å². The number of benzene rings is 2. The number of aromatic nitrogens is 2. The summed E-state index contributed by atoms with van der Waals surface area (Å²) in [5.74, 6) is 5.76. The van der Waals surface area contributed by atoms with Gasteiger partial charge in [-0.3, -0.25) is 0 Å². The predicted octanol–water partition coefficient (Wildman–Crippen LogP) is 4.19. The number of alkyl halides is 3. The number of halogens is 3. The summed E-state index contributed by atoms with van der Waals surface area (Å²) < 4.78 is 39.7. The maximum Gasteiger partial charge on any atom is 0.417 e. The Kier molecular flexibility index (Phi) is 4.53. The zero-order valence-electron chi connectivity index (χ0n) is 12.9. The Bertz CT molecular complexity index is 866. The van der Waals surface area contributed by atoms with Gasteiger partial charge < -0.3 is 10.7 Å². The normalized spacial score (nSPS) is 11.2. The second-order valence-electron chi connectivity index (χ2n) is 5.13. The van der Waals surface area contributed by atoms with Crippen LogP contribution in [0.2, 0.25) is 0 Å². The van der Waals surface area contributed by atoms with Crippen LogP contribution in [-0.2, 0) is 6.18 Å². The fourth-order valence-corrected chi connectivity index (χ4v) is 2.36. The van der Waals surface area contributed by atoms with Crippen LogP contribution >= 0.6 is 0 Å². The first kappa shape index (κ1) is 16.7. The summed E-state index contributed by atoms with van der Waals surface area (Å²) in [4.78, 5) is 8.26. The van der Waals surface area contributed by atoms with Crippen molar-refractivity contribution in [2.45, 2.75) is 6.18 Å². The smallest absolute Gasteiger partial charge is 0.324 e. The lowest BCUT2D eigenvalue weighted by Crippen LogP contribution is -2.13. The number of nitrogens with one attached hydrogen (secondary N) is 2. The van der Waals surface area contributed by atoms with Crippen molar-refractivity contribution in [1.82, 2.24) is 9.97 Å². The van der Waals surface area contributed by atoms with Gasteiger partial charge in [-0.1, -0.05) is 36.4 Å². The number of anilines is 3. The number of hydrogen-bond acceptors (Lipinski definition) is 5. The van der Waals surface area contributed by atoms with Crippen LogP contribution in [0, 0.1) is 0 Å². The molecule has 25 heavy (non-hydrogen) atoms. The summed E-state index contributed by atoms with van der Waals surface area (Å²) in [6, 6.07) is 14.3. The Morgan fingerprint density at radius 1 is 0.880 bits per heavy atom. The Balaban J connectivity index is 2.02. The first-order valence-electron chi connectivity index (χ1n) is 7.31. The molecule has 0 amide bonds. The van der Waals surface area contributed by atoms with Gasteiger partial charge in [-0.25, -0.2) is 10.8 Å². The van der Waals surface area contributed by atoms with E-state index >= 15 is 0 Å². The molecule has 8 heteroatoms. The van der Waals surface area contributed by atoms with Gasteiger partial charge in [0.25, 0.3) is 0 Å². The van der Waals surface area contributed by atoms with E-state index in [0.29, 0.717) is 0 Å². The van der Waals surface area contributed by atoms with E-state index in [2.05, 4.69) is 20.7 Å². The molecular weight excluding hydrogens is 331 g/mol. The molecule has 0 bridgehead atoms. The number of nitrogens with zero attached hydrogens (tertiary/aromatic N) is 2. The summed E-state index contributed by atoms with van der Waals surface area (Å²) >= 11 is 0. The topological polar surface area (TPSA) is 75.9 Å². The van der Waals surface area contributed by atoms with Crippen LogP contribution in [0.15, 0.2) is 60.8 Å². The van der Waals surface area contributed by atoms with Crippen LogP contribution in [0.1, 0.15) is 5.56 Å². The Hall–Kier alpha value is -3.13. The molecule has 0 spiro atoms. The molecule has 3 aromatic rings. The van der Waals surface area contributed by atoms with Crippen LogP contribution in [0.4, 0.5) is 30.6 Å². The number of nitrogen functional groups attached to an aromatic ring is 1. The van der Waals surface area contributed by atoms with E-state index in [1.54, 1.807) is 0 Å². The van der Waals surface area contributed by atoms with Crippen molar-refractivity contribution < 1.29 is 13.2 Å². The largest absolute Gasteiger partial charge is 0.417 e. The number of hydrazine groups is 1. The van der Waals surface area contributed by atoms with E-state index in [9.17, 15) is 13.2 Å². The van der Waals surface area contributed by atoms with E-state index in [4.69, 9.17) is 5.84 Å². The van der Waals surface area contributed by atoms with Crippen molar-refractivity contribution >= 4 is 17.5 Å². The second-order valence-corrected chi connectivity index (χ2v) is 5.13. The molecule has 0 unspecified atom stereocenters. The van der Waals surface area contributed by atoms with Gasteiger partial charge in [-0.05, 0) is 23.8 Å². The van der Waals surface area contributed by atoms with Crippen molar-refractivity contribution in [2.75, 3.05) is 10.7 Å². The number of para-hydroxylation sites is 1. The van der Waals surface area contributed by atoms with E-state index in [1.807, 2.05) is 30.3 Å². The van der Waals surface area contributed by atoms with Gasteiger partial charge >= 0.3 is 6.18 Å². The highest BCUT2D eigenvalue weighted by Crippen LogP contribution is 2.38. The second kappa shape index (κ2) is 6.78. The lowest BCUT2D eigenvalue weighted by Gasteiger charge is -2.15. The summed E-state index contributed by atoms with van der Waals surface area (Å²) in [5.41, 5.74) is 2.42. The number of rotatable bonds is 4. The third kappa shape index (κ3) is 3.69. The maximum absolute atomic E-state index is 13.2. The molecule has 0 aliphatic heterocycles. The highest BCUT2D eigenvalue weighted by molar-refractivity contribution is 5.78. The van der Waals surface area contributed by atoms with Gasteiger partial charge in [0.15, 0.2) is 5.82 Å². The molecule has 3 rings (SSSR count). The van der Waals surface area contributed by atoms with Crippen LogP contribution in [0.5, 0.6) is 0 Å². The molecule has 4 N–H and O–H groups in total. The van der Waals surface area contributed by atoms with Crippen molar-refractivity contribution in [2.24, 2.45) is 5.84 Å². The van der Waals surface area contributed by atoms with E-state index in [0.717, 1.165) is 11.8 Å². The fraction of sp³-hybridized carbons (Fsp3) is 0.0588. The quantitative estimate of drug-likeness (QED) is 0.488. The summed E-state index contributed by atoms with van der Waals surface area (Å²) in [5, 5.41) is 2.96. The van der Waals surface area contributed by atoms with E-state index < -0.39 is 11.7 Å². The molecule has 2 aromatic carbocycles. The molecule has 0 aliphatic rings. The Morgan fingerprint density at radius 3 is 2.24 bits per heavy atom. The van der Waals surface area contributed by atoms with Crippen LogP contribution < -0.4 is 16.6 Å². The SMILES string of the molecule is NNc1nc(Nc2ccccc2)ncc1-c1ccccc1C(F)(F)F. The minimum absolute atomic E-state index is 0.0470. The third-order valence-corrected chi connectivity index (χ3v) is 3.48. The van der Waals surface area contributed by atoms with Crippen molar-refractivity contribution in [3.05, 3.63) is 66.4 Å². The molecule has 0 saturated carbocycles. The Morgan fingerprint density at radius 2 is 1.56 bits per heavy atom. The van der Waals surface area contributed by atoms with Crippen LogP contribution in [0.25, 0.3) is 11.1 Å². The molecule has 128 valence electrons. The first-order valence-corrected chi connectivity index (χ1v) is 7.31. The summed E-state index contributed by atoms with van der Waals surface area (Å²) in [7, 11) is 0. The first-order chi connectivity index (χ1) is 12.0. The van der Waals surface area contributed by atoms with Crippen molar-refractivity contribution in [1.29, 1.82) is 0 Å². The van der Waals surface area contributed by atoms with Gasteiger partial charge in [-0.2, -0.15) is 18.2 Å². The summed E-state index contributed by atoms with van der Waals surface area (Å²) in [6.07, 6.45) is -3.19. The number of nitrogens with two attached hydrogens (primary N) is 1. The highest BCUT2D eigenvalue weighted by Gasteiger charge is 2.34. The standard InChI is InChI=1S/C17H14F3N5/c18-17(19,20)14-9-5-4-8-12(14)13-10-22-16(24-15(13)25-21)23-11-6-2-1-3-7-11/h1-10H,21H2,(H2,22,23,24,25). The lowest BCUT2D eigenvalue weighted by atomic mass is 10.0. The zero-order valence-corrected chi connectivity index (χ0v) is 12.9. The van der Waals surface area contributed by atoms with Crippen LogP contribution in [0.3, 0.4) is 0 Å². The molecule has 0 saturated heterocycles.